The third-order valence-electron chi connectivity index (χ3n) is 6.29. The highest BCUT2D eigenvalue weighted by Gasteiger charge is 2.32. The van der Waals surface area contributed by atoms with E-state index in [0.717, 1.165) is 11.3 Å². The Kier molecular flexibility index (Phi) is 9.14. The molecule has 2 unspecified atom stereocenters. The van der Waals surface area contributed by atoms with Gasteiger partial charge in [0.25, 0.3) is 0 Å². The van der Waals surface area contributed by atoms with Gasteiger partial charge in [-0.25, -0.2) is 9.97 Å². The summed E-state index contributed by atoms with van der Waals surface area (Å²) in [6.45, 7) is 5.72. The van der Waals surface area contributed by atoms with Gasteiger partial charge in [0, 0.05) is 51.6 Å². The van der Waals surface area contributed by atoms with Crippen molar-refractivity contribution in [2.45, 2.75) is 32.4 Å². The molecule has 12 heteroatoms. The number of rotatable bonds is 10. The number of anilines is 1. The average Bonchev–Trinajstić information content (AvgIpc) is 3.44. The zero-order valence-electron chi connectivity index (χ0n) is 21.7. The number of halogens is 1. The van der Waals surface area contributed by atoms with Crippen LogP contribution in [0.3, 0.4) is 0 Å². The number of benzene rings is 1. The molecule has 1 aliphatic heterocycles. The number of hydrogen-bond donors (Lipinski definition) is 1. The van der Waals surface area contributed by atoms with Gasteiger partial charge in [0.1, 0.15) is 29.7 Å². The molecule has 0 spiro atoms. The molecule has 1 aromatic carbocycles. The second-order valence-electron chi connectivity index (χ2n) is 8.93. The highest BCUT2D eigenvalue weighted by Crippen LogP contribution is 2.25. The number of nitrogens with one attached hydrogen (secondary N) is 1. The van der Waals surface area contributed by atoms with E-state index in [1.165, 1.54) is 7.11 Å². The molecule has 0 radical (unpaired) electrons. The van der Waals surface area contributed by atoms with Gasteiger partial charge in [0.15, 0.2) is 0 Å². The number of carbonyl (C=O) groups excluding carboxylic acids is 2. The largest absolute Gasteiger partial charge is 0.494 e. The third-order valence-corrected chi connectivity index (χ3v) is 6.49. The molecule has 1 N–H and O–H groups in total. The zero-order valence-corrected chi connectivity index (χ0v) is 22.5. The Labute approximate surface area is 226 Å². The van der Waals surface area contributed by atoms with E-state index in [2.05, 4.69) is 20.3 Å². The van der Waals surface area contributed by atoms with Crippen molar-refractivity contribution in [1.29, 1.82) is 0 Å². The Balaban J connectivity index is 1.52. The maximum absolute atomic E-state index is 13.2. The van der Waals surface area contributed by atoms with Crippen molar-refractivity contribution >= 4 is 29.2 Å². The minimum Gasteiger partial charge on any atom is -0.494 e. The fourth-order valence-corrected chi connectivity index (χ4v) is 4.60. The summed E-state index contributed by atoms with van der Waals surface area (Å²) in [5.74, 6) is 1.46. The highest BCUT2D eigenvalue weighted by molar-refractivity contribution is 6.29. The van der Waals surface area contributed by atoms with Crippen LogP contribution in [0.4, 0.5) is 5.82 Å². The lowest BCUT2D eigenvalue weighted by Gasteiger charge is -2.42. The van der Waals surface area contributed by atoms with Gasteiger partial charge in [-0.2, -0.15) is 4.98 Å². The first-order valence-corrected chi connectivity index (χ1v) is 12.8. The molecule has 1 saturated heterocycles. The molecule has 202 valence electrons. The van der Waals surface area contributed by atoms with Crippen LogP contribution in [0.15, 0.2) is 49.1 Å². The minimum absolute atomic E-state index is 0.0161. The fourth-order valence-electron chi connectivity index (χ4n) is 4.42. The topological polar surface area (TPSA) is 115 Å². The zero-order chi connectivity index (χ0) is 27.1. The quantitative estimate of drug-likeness (QED) is 0.390. The predicted molar refractivity (Wildman–Crippen MR) is 143 cm³/mol. The van der Waals surface area contributed by atoms with Crippen molar-refractivity contribution in [1.82, 2.24) is 29.7 Å². The normalized spacial score (nSPS) is 16.3. The van der Waals surface area contributed by atoms with E-state index in [9.17, 15) is 9.59 Å². The number of ether oxygens (including phenoxy) is 2. The van der Waals surface area contributed by atoms with Crippen LogP contribution in [0.2, 0.25) is 5.15 Å². The highest BCUT2D eigenvalue weighted by atomic mass is 35.5. The first-order valence-electron chi connectivity index (χ1n) is 12.5. The molecule has 3 heterocycles. The first kappa shape index (κ1) is 27.3. The monoisotopic (exact) mass is 541 g/mol. The molecule has 1 aliphatic rings. The molecule has 1 fully saturated rings. The Bertz CT molecular complexity index is 1220. The maximum Gasteiger partial charge on any atom is 0.248 e. The van der Waals surface area contributed by atoms with Crippen molar-refractivity contribution in [2.24, 2.45) is 0 Å². The molecular weight excluding hydrogens is 510 g/mol. The second kappa shape index (κ2) is 12.7. The standard InChI is InChI=1S/C26H32ClN7O4/c1-4-38-21-7-5-19(6-8-21)18(2)29-24(35)13-20-15-32(25(36)16-37-3)11-12-34(20)23-14-22(27)30-26(31-23)33-10-9-28-17-33/h5-10,14,17-18,20H,4,11-13,15-16H2,1-3H3,(H,29,35). The van der Waals surface area contributed by atoms with Gasteiger partial charge in [-0.3, -0.25) is 14.2 Å². The van der Waals surface area contributed by atoms with E-state index in [0.29, 0.717) is 38.0 Å². The summed E-state index contributed by atoms with van der Waals surface area (Å²) in [5, 5.41) is 3.34. The van der Waals surface area contributed by atoms with Gasteiger partial charge >= 0.3 is 0 Å². The van der Waals surface area contributed by atoms with Gasteiger partial charge in [-0.15, -0.1) is 0 Å². The van der Waals surface area contributed by atoms with Gasteiger partial charge in [-0.1, -0.05) is 23.7 Å². The lowest BCUT2D eigenvalue weighted by atomic mass is 10.1. The summed E-state index contributed by atoms with van der Waals surface area (Å²) < 4.78 is 12.2. The van der Waals surface area contributed by atoms with Gasteiger partial charge in [-0.05, 0) is 31.5 Å². The molecule has 11 nitrogen and oxygen atoms in total. The van der Waals surface area contributed by atoms with E-state index in [1.54, 1.807) is 34.3 Å². The SMILES string of the molecule is CCOc1ccc(C(C)NC(=O)CC2CN(C(=O)COC)CCN2c2cc(Cl)nc(-n3ccnc3)n2)cc1. The Morgan fingerprint density at radius 2 is 2.00 bits per heavy atom. The van der Waals surface area contributed by atoms with E-state index >= 15 is 0 Å². The molecule has 3 aromatic rings. The van der Waals surface area contributed by atoms with Crippen molar-refractivity contribution in [3.63, 3.8) is 0 Å². The van der Waals surface area contributed by atoms with Crippen molar-refractivity contribution in [3.05, 3.63) is 59.8 Å². The molecule has 0 bridgehead atoms. The molecular formula is C26H32ClN7O4. The number of aromatic nitrogens is 4. The Hall–Kier alpha value is -3.70. The summed E-state index contributed by atoms with van der Waals surface area (Å²) in [6, 6.07) is 8.78. The van der Waals surface area contributed by atoms with Crippen LogP contribution < -0.4 is 15.0 Å². The maximum atomic E-state index is 13.2. The van der Waals surface area contributed by atoms with Crippen LogP contribution in [0.5, 0.6) is 5.75 Å². The molecule has 38 heavy (non-hydrogen) atoms. The van der Waals surface area contributed by atoms with E-state index < -0.39 is 0 Å². The molecule has 0 saturated carbocycles. The number of imidazole rings is 1. The van der Waals surface area contributed by atoms with Crippen LogP contribution >= 0.6 is 11.6 Å². The van der Waals surface area contributed by atoms with Crippen molar-refractivity contribution in [3.8, 4) is 11.7 Å². The third kappa shape index (κ3) is 6.78. The average molecular weight is 542 g/mol. The smallest absolute Gasteiger partial charge is 0.248 e. The number of methoxy groups -OCH3 is 1. The summed E-state index contributed by atoms with van der Waals surface area (Å²) in [7, 11) is 1.49. The summed E-state index contributed by atoms with van der Waals surface area (Å²) in [6.07, 6.45) is 5.09. The number of nitrogens with zero attached hydrogens (tertiary/aromatic N) is 6. The summed E-state index contributed by atoms with van der Waals surface area (Å²) in [5.41, 5.74) is 0.965. The van der Waals surface area contributed by atoms with Crippen LogP contribution in [0, 0.1) is 0 Å². The molecule has 4 rings (SSSR count). The number of hydrogen-bond acceptors (Lipinski definition) is 8. The van der Waals surface area contributed by atoms with Crippen LogP contribution in [-0.2, 0) is 14.3 Å². The molecule has 0 aliphatic carbocycles. The second-order valence-corrected chi connectivity index (χ2v) is 9.32. The minimum atomic E-state index is -0.335. The fraction of sp³-hybridized carbons (Fsp3) is 0.423. The van der Waals surface area contributed by atoms with Gasteiger partial charge in [0.05, 0.1) is 18.7 Å². The van der Waals surface area contributed by atoms with Gasteiger partial charge in [0.2, 0.25) is 17.8 Å². The Morgan fingerprint density at radius 3 is 2.68 bits per heavy atom. The lowest BCUT2D eigenvalue weighted by molar-refractivity contribution is -0.136. The number of carbonyl (C=O) groups is 2. The van der Waals surface area contributed by atoms with E-state index in [1.807, 2.05) is 43.0 Å². The van der Waals surface area contributed by atoms with Gasteiger partial charge < -0.3 is 24.6 Å². The van der Waals surface area contributed by atoms with Crippen LogP contribution in [-0.4, -0.2) is 82.2 Å². The predicted octanol–water partition coefficient (Wildman–Crippen LogP) is 2.65. The van der Waals surface area contributed by atoms with Crippen LogP contribution in [0.25, 0.3) is 5.95 Å². The van der Waals surface area contributed by atoms with Crippen molar-refractivity contribution in [2.75, 3.05) is 44.9 Å². The van der Waals surface area contributed by atoms with E-state index in [4.69, 9.17) is 21.1 Å². The molecule has 2 atom stereocenters. The Morgan fingerprint density at radius 1 is 1.21 bits per heavy atom. The number of piperazine rings is 1. The van der Waals surface area contributed by atoms with Crippen LogP contribution in [0.1, 0.15) is 31.9 Å². The first-order chi connectivity index (χ1) is 18.4. The van der Waals surface area contributed by atoms with Crippen molar-refractivity contribution < 1.29 is 19.1 Å². The van der Waals surface area contributed by atoms with E-state index in [-0.39, 0.29) is 42.1 Å². The molecule has 2 aromatic heterocycles. The molecule has 2 amide bonds. The lowest BCUT2D eigenvalue weighted by Crippen LogP contribution is -2.57. The summed E-state index contributed by atoms with van der Waals surface area (Å²) in [4.78, 5) is 42.5. The summed E-state index contributed by atoms with van der Waals surface area (Å²) >= 11 is 6.35. The number of amides is 2.